The number of rotatable bonds is 8. The standard InChI is InChI=1S/C13H17NO5/c1-18-13(19-2)11(8-14(16)17)12(9-15)10-6-4-3-5-7-10/h3-7,9,11-13H,8H2,1-2H3/t11-,12+/m0/s1. The molecular formula is C13H17NO5. The van der Waals surface area contributed by atoms with Gasteiger partial charge in [-0.2, -0.15) is 0 Å². The van der Waals surface area contributed by atoms with Crippen molar-refractivity contribution < 1.29 is 19.2 Å². The van der Waals surface area contributed by atoms with E-state index in [0.29, 0.717) is 11.8 Å². The summed E-state index contributed by atoms with van der Waals surface area (Å²) in [4.78, 5) is 21.6. The third-order valence-corrected chi connectivity index (χ3v) is 2.97. The number of hydrogen-bond donors (Lipinski definition) is 0. The molecule has 0 heterocycles. The molecule has 1 aromatic carbocycles. The highest BCUT2D eigenvalue weighted by molar-refractivity contribution is 5.62. The second-order valence-electron chi connectivity index (χ2n) is 4.09. The van der Waals surface area contributed by atoms with Gasteiger partial charge < -0.3 is 14.3 Å². The Balaban J connectivity index is 3.05. The molecule has 1 aromatic rings. The lowest BCUT2D eigenvalue weighted by atomic mass is 9.86. The van der Waals surface area contributed by atoms with Crippen LogP contribution in [0.1, 0.15) is 11.5 Å². The predicted molar refractivity (Wildman–Crippen MR) is 68.4 cm³/mol. The number of carbonyl (C=O) groups excluding carboxylic acids is 1. The van der Waals surface area contributed by atoms with Gasteiger partial charge in [0.05, 0.1) is 11.8 Å². The van der Waals surface area contributed by atoms with Crippen molar-refractivity contribution in [3.05, 3.63) is 46.0 Å². The number of hydrogen-bond acceptors (Lipinski definition) is 5. The average Bonchev–Trinajstić information content (AvgIpc) is 2.41. The van der Waals surface area contributed by atoms with E-state index < -0.39 is 29.6 Å². The fourth-order valence-electron chi connectivity index (χ4n) is 2.09. The Hall–Kier alpha value is -1.79. The maximum Gasteiger partial charge on any atom is 0.212 e. The van der Waals surface area contributed by atoms with Gasteiger partial charge in [0.1, 0.15) is 6.29 Å². The van der Waals surface area contributed by atoms with Gasteiger partial charge in [-0.05, 0) is 5.56 Å². The first-order valence-electron chi connectivity index (χ1n) is 5.81. The van der Waals surface area contributed by atoms with Crippen molar-refractivity contribution in [2.75, 3.05) is 20.8 Å². The summed E-state index contributed by atoms with van der Waals surface area (Å²) >= 11 is 0. The van der Waals surface area contributed by atoms with E-state index >= 15 is 0 Å². The summed E-state index contributed by atoms with van der Waals surface area (Å²) in [5, 5.41) is 10.8. The summed E-state index contributed by atoms with van der Waals surface area (Å²) in [6, 6.07) is 8.90. The molecule has 2 atom stereocenters. The van der Waals surface area contributed by atoms with E-state index in [-0.39, 0.29) is 0 Å². The van der Waals surface area contributed by atoms with Crippen LogP contribution in [0.4, 0.5) is 0 Å². The molecule has 0 spiro atoms. The highest BCUT2D eigenvalue weighted by Crippen LogP contribution is 2.27. The second kappa shape index (κ2) is 7.60. The van der Waals surface area contributed by atoms with Crippen LogP contribution in [0.25, 0.3) is 0 Å². The van der Waals surface area contributed by atoms with Crippen LogP contribution >= 0.6 is 0 Å². The number of methoxy groups -OCH3 is 2. The van der Waals surface area contributed by atoms with Crippen molar-refractivity contribution in [2.24, 2.45) is 5.92 Å². The first-order chi connectivity index (χ1) is 9.13. The number of ether oxygens (including phenoxy) is 2. The minimum absolute atomic E-state index is 0.398. The van der Waals surface area contributed by atoms with Gasteiger partial charge in [0.2, 0.25) is 6.54 Å². The fourth-order valence-corrected chi connectivity index (χ4v) is 2.09. The van der Waals surface area contributed by atoms with E-state index in [4.69, 9.17) is 9.47 Å². The third kappa shape index (κ3) is 4.11. The maximum atomic E-state index is 11.3. The summed E-state index contributed by atoms with van der Waals surface area (Å²) in [5.41, 5.74) is 0.712. The molecule has 0 bridgehead atoms. The number of nitrogens with zero attached hydrogens (tertiary/aromatic N) is 1. The zero-order valence-corrected chi connectivity index (χ0v) is 10.9. The smallest absolute Gasteiger partial charge is 0.212 e. The highest BCUT2D eigenvalue weighted by Gasteiger charge is 2.35. The van der Waals surface area contributed by atoms with Crippen LogP contribution in [0, 0.1) is 16.0 Å². The quantitative estimate of drug-likeness (QED) is 0.308. The summed E-state index contributed by atoms with van der Waals surface area (Å²) in [5.74, 6) is -1.32. The first-order valence-corrected chi connectivity index (χ1v) is 5.81. The molecule has 0 amide bonds. The molecule has 0 saturated heterocycles. The van der Waals surface area contributed by atoms with Crippen molar-refractivity contribution in [3.63, 3.8) is 0 Å². The Labute approximate surface area is 111 Å². The lowest BCUT2D eigenvalue weighted by Gasteiger charge is -2.26. The van der Waals surface area contributed by atoms with Gasteiger partial charge in [-0.15, -0.1) is 0 Å². The Morgan fingerprint density at radius 3 is 2.26 bits per heavy atom. The van der Waals surface area contributed by atoms with Gasteiger partial charge in [0.15, 0.2) is 6.29 Å². The summed E-state index contributed by atoms with van der Waals surface area (Å²) in [6.45, 7) is -0.398. The lowest BCUT2D eigenvalue weighted by molar-refractivity contribution is -0.494. The summed E-state index contributed by atoms with van der Waals surface area (Å²) in [6.07, 6.45) is -0.102. The van der Waals surface area contributed by atoms with Gasteiger partial charge >= 0.3 is 0 Å². The minimum atomic E-state index is -0.805. The highest BCUT2D eigenvalue weighted by atomic mass is 16.7. The third-order valence-electron chi connectivity index (χ3n) is 2.97. The topological polar surface area (TPSA) is 78.7 Å². The van der Waals surface area contributed by atoms with Crippen molar-refractivity contribution in [1.29, 1.82) is 0 Å². The molecular weight excluding hydrogens is 250 g/mol. The summed E-state index contributed by atoms with van der Waals surface area (Å²) < 4.78 is 10.2. The van der Waals surface area contributed by atoms with Crippen molar-refractivity contribution in [3.8, 4) is 0 Å². The van der Waals surface area contributed by atoms with Gasteiger partial charge in [-0.25, -0.2) is 0 Å². The van der Waals surface area contributed by atoms with Crippen molar-refractivity contribution in [1.82, 2.24) is 0 Å². The van der Waals surface area contributed by atoms with Crippen LogP contribution in [0.3, 0.4) is 0 Å². The first kappa shape index (κ1) is 15.3. The number of nitro groups is 1. The molecule has 0 saturated carbocycles. The van der Waals surface area contributed by atoms with E-state index in [1.807, 2.05) is 6.07 Å². The molecule has 0 aliphatic heterocycles. The van der Waals surface area contributed by atoms with Gasteiger partial charge in [-0.1, -0.05) is 30.3 Å². The Bertz CT molecular complexity index is 405. The monoisotopic (exact) mass is 267 g/mol. The molecule has 0 aliphatic carbocycles. The molecule has 19 heavy (non-hydrogen) atoms. The molecule has 6 heteroatoms. The number of carbonyl (C=O) groups is 1. The zero-order chi connectivity index (χ0) is 14.3. The maximum absolute atomic E-state index is 11.3. The summed E-state index contributed by atoms with van der Waals surface area (Å²) in [7, 11) is 2.79. The lowest BCUT2D eigenvalue weighted by Crippen LogP contribution is -2.36. The van der Waals surface area contributed by atoms with E-state index in [9.17, 15) is 14.9 Å². The molecule has 6 nitrogen and oxygen atoms in total. The van der Waals surface area contributed by atoms with E-state index in [1.54, 1.807) is 24.3 Å². The van der Waals surface area contributed by atoms with Crippen LogP contribution in [-0.2, 0) is 14.3 Å². The molecule has 0 fully saturated rings. The van der Waals surface area contributed by atoms with E-state index in [1.165, 1.54) is 14.2 Å². The van der Waals surface area contributed by atoms with Crippen molar-refractivity contribution in [2.45, 2.75) is 12.2 Å². The predicted octanol–water partition coefficient (Wildman–Crippen LogP) is 1.48. The fraction of sp³-hybridized carbons (Fsp3) is 0.462. The molecule has 0 aromatic heterocycles. The molecule has 1 rings (SSSR count). The molecule has 0 radical (unpaired) electrons. The molecule has 104 valence electrons. The molecule has 0 N–H and O–H groups in total. The number of aldehydes is 1. The minimum Gasteiger partial charge on any atom is -0.355 e. The SMILES string of the molecule is COC(OC)[C@@H](C[N+](=O)[O-])[C@H](C=O)c1ccccc1. The Kier molecular flexibility index (Phi) is 6.11. The van der Waals surface area contributed by atoms with Gasteiger partial charge in [0.25, 0.3) is 0 Å². The second-order valence-corrected chi connectivity index (χ2v) is 4.09. The zero-order valence-electron chi connectivity index (χ0n) is 10.9. The van der Waals surface area contributed by atoms with Gasteiger partial charge in [-0.3, -0.25) is 10.1 Å². The molecule has 0 aliphatic rings. The average molecular weight is 267 g/mol. The van der Waals surface area contributed by atoms with E-state index in [0.717, 1.165) is 0 Å². The molecule has 0 unspecified atom stereocenters. The Morgan fingerprint density at radius 2 is 1.84 bits per heavy atom. The normalized spacial score (nSPS) is 14.1. The van der Waals surface area contributed by atoms with Crippen molar-refractivity contribution >= 4 is 6.29 Å². The van der Waals surface area contributed by atoms with Gasteiger partial charge in [0, 0.05) is 19.1 Å². The van der Waals surface area contributed by atoms with Crippen LogP contribution in [-0.4, -0.2) is 38.3 Å². The van der Waals surface area contributed by atoms with Crippen LogP contribution in [0.2, 0.25) is 0 Å². The van der Waals surface area contributed by atoms with E-state index in [2.05, 4.69) is 0 Å². The van der Waals surface area contributed by atoms with Crippen LogP contribution in [0.5, 0.6) is 0 Å². The largest absolute Gasteiger partial charge is 0.355 e. The van der Waals surface area contributed by atoms with Crippen LogP contribution < -0.4 is 0 Å². The number of benzene rings is 1. The Morgan fingerprint density at radius 1 is 1.26 bits per heavy atom. The van der Waals surface area contributed by atoms with Crippen LogP contribution in [0.15, 0.2) is 30.3 Å².